The molecule has 0 fully saturated rings. The lowest BCUT2D eigenvalue weighted by molar-refractivity contribution is 0.749. The quantitative estimate of drug-likeness (QED) is 0.155. The van der Waals surface area contributed by atoms with Gasteiger partial charge >= 0.3 is 0 Å². The van der Waals surface area contributed by atoms with E-state index >= 15 is 0 Å². The fourth-order valence-corrected chi connectivity index (χ4v) is 11.9. The van der Waals surface area contributed by atoms with Crippen LogP contribution in [0.25, 0.3) is 83.1 Å². The average molecular weight is 877 g/mol. The average Bonchev–Trinajstić information content (AvgIpc) is 3.92. The maximum absolute atomic E-state index is 2.52. The maximum atomic E-state index is 2.52. The molecule has 12 aromatic rings. The highest BCUT2D eigenvalue weighted by molar-refractivity contribution is 6.13. The monoisotopic (exact) mass is 876 g/mol. The van der Waals surface area contributed by atoms with Crippen LogP contribution < -0.4 is 4.90 Å². The SMILES string of the molecule is c1ccc(-c2ccc(-c3ccccc3N(c3cccc(-c4ccccc4)c3)c3ccccc3-c3ccc4c(c3)C3(c5ccccc5-4)c4ccccc4-n4c5ccccc5c5cccc3c54)cc2)cc1. The minimum atomic E-state index is -0.556. The number of hydrogen-bond acceptors (Lipinski definition) is 1. The summed E-state index contributed by atoms with van der Waals surface area (Å²) in [5.41, 5.74) is 23.7. The number of fused-ring (bicyclic) bond motifs is 12. The molecule has 2 nitrogen and oxygen atoms in total. The summed E-state index contributed by atoms with van der Waals surface area (Å²) in [7, 11) is 0. The number of anilines is 3. The Labute approximate surface area is 402 Å². The molecule has 1 unspecified atom stereocenters. The fourth-order valence-electron chi connectivity index (χ4n) is 11.9. The molecule has 1 atom stereocenters. The van der Waals surface area contributed by atoms with Gasteiger partial charge in [0.05, 0.1) is 33.5 Å². The van der Waals surface area contributed by atoms with Crippen LogP contribution in [0.5, 0.6) is 0 Å². The Morgan fingerprint density at radius 2 is 0.797 bits per heavy atom. The van der Waals surface area contributed by atoms with Crippen LogP contribution in [-0.2, 0) is 5.41 Å². The van der Waals surface area contributed by atoms with E-state index in [1.807, 2.05) is 0 Å². The van der Waals surface area contributed by atoms with Gasteiger partial charge in [-0.2, -0.15) is 0 Å². The highest BCUT2D eigenvalue weighted by Gasteiger charge is 2.51. The van der Waals surface area contributed by atoms with Gasteiger partial charge in [0.1, 0.15) is 0 Å². The number of hydrogen-bond donors (Lipinski definition) is 0. The fraction of sp³-hybridized carbons (Fsp3) is 0.0149. The van der Waals surface area contributed by atoms with E-state index in [4.69, 9.17) is 0 Å². The molecule has 0 amide bonds. The first-order valence-corrected chi connectivity index (χ1v) is 23.9. The van der Waals surface area contributed by atoms with Crippen molar-refractivity contribution < 1.29 is 0 Å². The molecule has 0 radical (unpaired) electrons. The largest absolute Gasteiger partial charge is 0.309 e. The van der Waals surface area contributed by atoms with Gasteiger partial charge in [0.25, 0.3) is 0 Å². The summed E-state index contributed by atoms with van der Waals surface area (Å²) in [6.07, 6.45) is 0. The number of benzene rings is 11. The van der Waals surface area contributed by atoms with Crippen LogP contribution in [0, 0.1) is 0 Å². The van der Waals surface area contributed by atoms with E-state index in [0.717, 1.165) is 33.8 Å². The molecule has 14 rings (SSSR count). The first-order valence-electron chi connectivity index (χ1n) is 23.9. The third kappa shape index (κ3) is 5.86. The van der Waals surface area contributed by atoms with Gasteiger partial charge in [0, 0.05) is 27.6 Å². The van der Waals surface area contributed by atoms with Crippen LogP contribution in [0.1, 0.15) is 22.3 Å². The number of nitrogens with zero attached hydrogens (tertiary/aromatic N) is 2. The molecule has 11 aromatic carbocycles. The third-order valence-electron chi connectivity index (χ3n) is 14.8. The summed E-state index contributed by atoms with van der Waals surface area (Å²) in [4.78, 5) is 2.48. The van der Waals surface area contributed by atoms with Crippen LogP contribution >= 0.6 is 0 Å². The zero-order valence-electron chi connectivity index (χ0n) is 37.8. The summed E-state index contributed by atoms with van der Waals surface area (Å²) in [6, 6.07) is 98.7. The molecule has 2 heteroatoms. The van der Waals surface area contributed by atoms with Gasteiger partial charge in [-0.05, 0) is 109 Å². The van der Waals surface area contributed by atoms with E-state index in [9.17, 15) is 0 Å². The van der Waals surface area contributed by atoms with Gasteiger partial charge < -0.3 is 9.47 Å². The molecule has 1 spiro atoms. The molecule has 0 N–H and O–H groups in total. The second-order valence-corrected chi connectivity index (χ2v) is 18.4. The van der Waals surface area contributed by atoms with Crippen molar-refractivity contribution in [1.29, 1.82) is 0 Å². The Hall–Kier alpha value is -8.98. The maximum Gasteiger partial charge on any atom is 0.0754 e. The van der Waals surface area contributed by atoms with Gasteiger partial charge in [-0.1, -0.05) is 224 Å². The number of aromatic nitrogens is 1. The Kier molecular flexibility index (Phi) is 8.84. The molecule has 2 heterocycles. The number of rotatable bonds is 7. The summed E-state index contributed by atoms with van der Waals surface area (Å²) in [5, 5.41) is 2.56. The lowest BCUT2D eigenvalue weighted by Crippen LogP contribution is -2.33. The zero-order chi connectivity index (χ0) is 45.5. The van der Waals surface area contributed by atoms with E-state index in [0.29, 0.717) is 0 Å². The van der Waals surface area contributed by atoms with Crippen molar-refractivity contribution in [2.75, 3.05) is 4.90 Å². The molecule has 322 valence electrons. The van der Waals surface area contributed by atoms with Gasteiger partial charge in [-0.3, -0.25) is 0 Å². The van der Waals surface area contributed by atoms with Crippen LogP contribution in [0.15, 0.2) is 267 Å². The van der Waals surface area contributed by atoms with E-state index in [1.54, 1.807) is 0 Å². The first kappa shape index (κ1) is 39.2. The van der Waals surface area contributed by atoms with Crippen molar-refractivity contribution in [2.45, 2.75) is 5.41 Å². The summed E-state index contributed by atoms with van der Waals surface area (Å²) >= 11 is 0. The molecular weight excluding hydrogens is 833 g/mol. The molecule has 0 saturated heterocycles. The zero-order valence-corrected chi connectivity index (χ0v) is 37.8. The lowest BCUT2D eigenvalue weighted by atomic mass is 9.65. The highest BCUT2D eigenvalue weighted by Crippen LogP contribution is 2.61. The molecule has 2 aliphatic rings. The van der Waals surface area contributed by atoms with E-state index < -0.39 is 5.41 Å². The Balaban J connectivity index is 1.00. The second-order valence-electron chi connectivity index (χ2n) is 18.4. The van der Waals surface area contributed by atoms with Crippen molar-refractivity contribution in [3.05, 3.63) is 289 Å². The Bertz CT molecular complexity index is 3960. The molecule has 1 aliphatic carbocycles. The smallest absolute Gasteiger partial charge is 0.0754 e. The van der Waals surface area contributed by atoms with Gasteiger partial charge in [-0.25, -0.2) is 0 Å². The summed E-state index contributed by atoms with van der Waals surface area (Å²) in [6.45, 7) is 0. The van der Waals surface area contributed by atoms with Gasteiger partial charge in [0.2, 0.25) is 0 Å². The van der Waals surface area contributed by atoms with Crippen molar-refractivity contribution in [3.63, 3.8) is 0 Å². The molecule has 69 heavy (non-hydrogen) atoms. The summed E-state index contributed by atoms with van der Waals surface area (Å²) in [5.74, 6) is 0. The summed E-state index contributed by atoms with van der Waals surface area (Å²) < 4.78 is 2.52. The standard InChI is InChI=1S/C67H44N2/c1-3-19-45(20-4-1)47-37-39-48(40-38-47)52-25-8-13-33-62(52)68(51-24-17-23-49(43-51)46-21-5-2-6-22-46)63-34-14-9-26-53(63)50-41-42-55-54-27-7-11-30-58(54)67(61(55)44-50)59-31-12-16-36-65(59)69-64-35-15-10-28-56(64)57-29-18-32-60(67)66(57)69/h1-44H. The Morgan fingerprint density at radius 1 is 0.290 bits per heavy atom. The van der Waals surface area contributed by atoms with Crippen LogP contribution in [0.4, 0.5) is 17.1 Å². The van der Waals surface area contributed by atoms with E-state index in [1.165, 1.54) is 88.7 Å². The van der Waals surface area contributed by atoms with Crippen LogP contribution in [0.3, 0.4) is 0 Å². The molecular formula is C67H44N2. The van der Waals surface area contributed by atoms with Crippen LogP contribution in [-0.4, -0.2) is 4.57 Å². The Morgan fingerprint density at radius 3 is 1.57 bits per heavy atom. The normalized spacial score (nSPS) is 14.1. The minimum absolute atomic E-state index is 0.556. The predicted octanol–water partition coefficient (Wildman–Crippen LogP) is 17.6. The topological polar surface area (TPSA) is 8.17 Å². The first-order chi connectivity index (χ1) is 34.3. The lowest BCUT2D eigenvalue weighted by Gasteiger charge is -2.39. The second kappa shape index (κ2) is 15.6. The highest BCUT2D eigenvalue weighted by atomic mass is 15.1. The van der Waals surface area contributed by atoms with Crippen molar-refractivity contribution in [3.8, 4) is 61.3 Å². The van der Waals surface area contributed by atoms with E-state index in [-0.39, 0.29) is 0 Å². The van der Waals surface area contributed by atoms with Crippen molar-refractivity contribution >= 4 is 38.9 Å². The third-order valence-corrected chi connectivity index (χ3v) is 14.8. The predicted molar refractivity (Wildman–Crippen MR) is 288 cm³/mol. The number of para-hydroxylation sites is 5. The van der Waals surface area contributed by atoms with Crippen LogP contribution in [0.2, 0.25) is 0 Å². The molecule has 0 saturated carbocycles. The van der Waals surface area contributed by atoms with Gasteiger partial charge in [-0.15, -0.1) is 0 Å². The minimum Gasteiger partial charge on any atom is -0.309 e. The molecule has 0 bridgehead atoms. The van der Waals surface area contributed by atoms with E-state index in [2.05, 4.69) is 276 Å². The molecule has 1 aliphatic heterocycles. The van der Waals surface area contributed by atoms with Crippen molar-refractivity contribution in [2.24, 2.45) is 0 Å². The van der Waals surface area contributed by atoms with Crippen molar-refractivity contribution in [1.82, 2.24) is 4.57 Å². The van der Waals surface area contributed by atoms with Gasteiger partial charge in [0.15, 0.2) is 0 Å². The molecule has 1 aromatic heterocycles.